The fourth-order valence-corrected chi connectivity index (χ4v) is 4.32. The number of carbonyl (C=O) groups excluding carboxylic acids is 1. The number of methoxy groups -OCH3 is 1. The summed E-state index contributed by atoms with van der Waals surface area (Å²) in [6, 6.07) is 22.3. The average Bonchev–Trinajstić information content (AvgIpc) is 2.95. The molecule has 0 bridgehead atoms. The molecule has 1 unspecified atom stereocenters. The summed E-state index contributed by atoms with van der Waals surface area (Å²) in [7, 11) is 1.40. The summed E-state index contributed by atoms with van der Waals surface area (Å²) in [5.41, 5.74) is 4.95. The second kappa shape index (κ2) is 10.9. The number of esters is 1. The van der Waals surface area contributed by atoms with E-state index in [9.17, 15) is 4.79 Å². The molecule has 180 valence electrons. The van der Waals surface area contributed by atoms with Crippen molar-refractivity contribution in [3.63, 3.8) is 0 Å². The van der Waals surface area contributed by atoms with E-state index < -0.39 is 0 Å². The van der Waals surface area contributed by atoms with E-state index in [2.05, 4.69) is 39.6 Å². The highest BCUT2D eigenvalue weighted by Crippen LogP contribution is 2.34. The molecule has 0 aliphatic carbocycles. The lowest BCUT2D eigenvalue weighted by Crippen LogP contribution is -2.14. The molecule has 0 radical (unpaired) electrons. The van der Waals surface area contributed by atoms with Crippen molar-refractivity contribution in [3.05, 3.63) is 96.1 Å². The van der Waals surface area contributed by atoms with E-state index >= 15 is 0 Å². The Bertz CT molecular complexity index is 1420. The Hall–Kier alpha value is -4.39. The number of benzene rings is 2. The maximum Gasteiger partial charge on any atom is 0.305 e. The first-order valence-electron chi connectivity index (χ1n) is 12.0. The van der Waals surface area contributed by atoms with Gasteiger partial charge < -0.3 is 10.1 Å². The number of carbonyl (C=O) groups is 1. The molecule has 7 heteroatoms. The van der Waals surface area contributed by atoms with Gasteiger partial charge in [-0.1, -0.05) is 54.6 Å². The third kappa shape index (κ3) is 5.30. The lowest BCUT2D eigenvalue weighted by atomic mass is 9.98. The van der Waals surface area contributed by atoms with Crippen molar-refractivity contribution in [2.75, 3.05) is 19.0 Å². The van der Waals surface area contributed by atoms with E-state index in [1.165, 1.54) is 7.11 Å². The van der Waals surface area contributed by atoms with Gasteiger partial charge in [-0.3, -0.25) is 14.8 Å². The van der Waals surface area contributed by atoms with Crippen LogP contribution in [0.1, 0.15) is 30.3 Å². The summed E-state index contributed by atoms with van der Waals surface area (Å²) < 4.78 is 4.78. The van der Waals surface area contributed by atoms with E-state index in [1.54, 1.807) is 6.20 Å². The summed E-state index contributed by atoms with van der Waals surface area (Å²) in [4.78, 5) is 30.6. The molecule has 0 spiro atoms. The summed E-state index contributed by atoms with van der Waals surface area (Å²) in [6.07, 6.45) is 6.62. The van der Waals surface area contributed by atoms with E-state index in [0.29, 0.717) is 31.8 Å². The number of nitrogens with one attached hydrogen (secondary N) is 1. The average molecular weight is 478 g/mol. The predicted octanol–water partition coefficient (Wildman–Crippen LogP) is 5.35. The Morgan fingerprint density at radius 2 is 1.89 bits per heavy atom. The second-order valence-electron chi connectivity index (χ2n) is 8.59. The molecule has 0 fully saturated rings. The quantitative estimate of drug-likeness (QED) is 0.344. The topological polar surface area (TPSA) is 89.4 Å². The number of dihydropyridines is 1. The van der Waals surface area contributed by atoms with Gasteiger partial charge in [0.2, 0.25) is 0 Å². The molecule has 2 aromatic heterocycles. The molecule has 0 saturated heterocycles. The van der Waals surface area contributed by atoms with Crippen LogP contribution in [-0.4, -0.2) is 40.8 Å². The third-order valence-electron chi connectivity index (χ3n) is 6.14. The van der Waals surface area contributed by atoms with E-state index in [1.807, 2.05) is 54.7 Å². The minimum absolute atomic E-state index is 0.0807. The molecule has 1 N–H and O–H groups in total. The van der Waals surface area contributed by atoms with Crippen LogP contribution in [0.2, 0.25) is 0 Å². The monoisotopic (exact) mass is 477 g/mol. The highest BCUT2D eigenvalue weighted by Gasteiger charge is 2.20. The van der Waals surface area contributed by atoms with Crippen LogP contribution in [0, 0.1) is 0 Å². The Balaban J connectivity index is 1.55. The van der Waals surface area contributed by atoms with Crippen LogP contribution in [0.4, 0.5) is 5.82 Å². The van der Waals surface area contributed by atoms with Gasteiger partial charge in [-0.15, -0.1) is 0 Å². The Morgan fingerprint density at radius 1 is 1.03 bits per heavy atom. The Morgan fingerprint density at radius 3 is 2.69 bits per heavy atom. The van der Waals surface area contributed by atoms with Gasteiger partial charge in [0, 0.05) is 18.8 Å². The van der Waals surface area contributed by atoms with E-state index in [-0.39, 0.29) is 11.9 Å². The number of aliphatic imine (C=N–C) groups is 1. The fourth-order valence-electron chi connectivity index (χ4n) is 4.32. The first-order chi connectivity index (χ1) is 17.7. The van der Waals surface area contributed by atoms with Crippen molar-refractivity contribution < 1.29 is 9.53 Å². The van der Waals surface area contributed by atoms with Gasteiger partial charge in [0.15, 0.2) is 0 Å². The van der Waals surface area contributed by atoms with Gasteiger partial charge in [0.1, 0.15) is 11.6 Å². The number of allylic oxidation sites excluding steroid dienone is 1. The van der Waals surface area contributed by atoms with Gasteiger partial charge in [-0.2, -0.15) is 0 Å². The number of rotatable bonds is 8. The lowest BCUT2D eigenvalue weighted by molar-refractivity contribution is -0.140. The molecule has 0 amide bonds. The minimum atomic E-state index is -0.233. The van der Waals surface area contributed by atoms with Crippen LogP contribution in [0.15, 0.2) is 89.6 Å². The fraction of sp³-hybridized carbons (Fsp3) is 0.207. The zero-order valence-corrected chi connectivity index (χ0v) is 20.1. The molecule has 0 saturated carbocycles. The van der Waals surface area contributed by atoms with Gasteiger partial charge in [-0.05, 0) is 41.3 Å². The molecular formula is C29H27N5O2. The molecule has 1 aliphatic rings. The highest BCUT2D eigenvalue weighted by atomic mass is 16.5. The number of ether oxygens (including phenoxy) is 1. The lowest BCUT2D eigenvalue weighted by Gasteiger charge is -2.19. The van der Waals surface area contributed by atoms with Gasteiger partial charge in [0.05, 0.1) is 42.7 Å². The maximum atomic E-state index is 11.6. The van der Waals surface area contributed by atoms with E-state index in [0.717, 1.165) is 39.1 Å². The molecule has 3 heterocycles. The second-order valence-corrected chi connectivity index (χ2v) is 8.59. The predicted molar refractivity (Wildman–Crippen MR) is 142 cm³/mol. The molecule has 36 heavy (non-hydrogen) atoms. The molecule has 7 nitrogen and oxygen atoms in total. The number of nitrogens with zero attached hydrogens (tertiary/aromatic N) is 4. The number of anilines is 1. The first-order valence-corrected chi connectivity index (χ1v) is 12.0. The van der Waals surface area contributed by atoms with Crippen LogP contribution in [0.5, 0.6) is 0 Å². The number of fused-ring (bicyclic) bond motifs is 1. The van der Waals surface area contributed by atoms with E-state index in [4.69, 9.17) is 14.7 Å². The molecular weight excluding hydrogens is 450 g/mol. The molecule has 1 atom stereocenters. The number of hydrogen-bond acceptors (Lipinski definition) is 7. The normalized spacial score (nSPS) is 14.9. The van der Waals surface area contributed by atoms with Gasteiger partial charge in [-0.25, -0.2) is 9.97 Å². The number of aromatic nitrogens is 3. The number of pyridine rings is 1. The van der Waals surface area contributed by atoms with Crippen LogP contribution in [-0.2, 0) is 16.1 Å². The van der Waals surface area contributed by atoms with Gasteiger partial charge >= 0.3 is 5.97 Å². The molecule has 4 aromatic rings. The van der Waals surface area contributed by atoms with Crippen LogP contribution in [0.25, 0.3) is 22.0 Å². The summed E-state index contributed by atoms with van der Waals surface area (Å²) in [5.74, 6) is 1.15. The van der Waals surface area contributed by atoms with Crippen LogP contribution < -0.4 is 5.32 Å². The molecule has 5 rings (SSSR count). The largest absolute Gasteiger partial charge is 0.469 e. The summed E-state index contributed by atoms with van der Waals surface area (Å²) in [6.45, 7) is 1.10. The smallest absolute Gasteiger partial charge is 0.305 e. The Labute approximate surface area is 210 Å². The van der Waals surface area contributed by atoms with Crippen molar-refractivity contribution in [3.8, 4) is 11.1 Å². The first kappa shape index (κ1) is 23.4. The molecule has 1 aliphatic heterocycles. The zero-order chi connectivity index (χ0) is 24.7. The standard InChI is InChI=1S/C29H27N5O2/c1-36-26(35)14-13-20-16-22(18-30-17-20)28-33-25-12-7-11-24(21-8-3-2-4-9-21)27(25)29(34-28)32-19-23-10-5-6-15-31-23/h2-12,15-17,22H,13-14,18-19H2,1H3,(H,32,33,34). The van der Waals surface area contributed by atoms with Crippen molar-refractivity contribution in [1.82, 2.24) is 15.0 Å². The number of hydrogen-bond donors (Lipinski definition) is 1. The van der Waals surface area contributed by atoms with Crippen LogP contribution >= 0.6 is 0 Å². The van der Waals surface area contributed by atoms with Gasteiger partial charge in [0.25, 0.3) is 0 Å². The third-order valence-corrected chi connectivity index (χ3v) is 6.14. The minimum Gasteiger partial charge on any atom is -0.469 e. The van der Waals surface area contributed by atoms with Crippen LogP contribution in [0.3, 0.4) is 0 Å². The van der Waals surface area contributed by atoms with Crippen molar-refractivity contribution in [2.45, 2.75) is 25.3 Å². The van der Waals surface area contributed by atoms with Crippen molar-refractivity contribution in [1.29, 1.82) is 0 Å². The summed E-state index contributed by atoms with van der Waals surface area (Å²) in [5, 5.41) is 4.49. The summed E-state index contributed by atoms with van der Waals surface area (Å²) >= 11 is 0. The highest BCUT2D eigenvalue weighted by molar-refractivity contribution is 6.01. The zero-order valence-electron chi connectivity index (χ0n) is 20.1. The molecule has 2 aromatic carbocycles. The van der Waals surface area contributed by atoms with Crippen molar-refractivity contribution in [2.24, 2.45) is 4.99 Å². The van der Waals surface area contributed by atoms with Crippen molar-refractivity contribution >= 4 is 28.9 Å². The SMILES string of the molecule is COC(=O)CCC1=CC(c2nc(NCc3ccccn3)c3c(-c4ccccc4)cccc3n2)CN=C1. The Kier molecular flexibility index (Phi) is 7.07. The maximum absolute atomic E-state index is 11.6.